The van der Waals surface area contributed by atoms with Crippen molar-refractivity contribution in [1.29, 1.82) is 0 Å². The van der Waals surface area contributed by atoms with E-state index in [0.29, 0.717) is 24.7 Å². The average Bonchev–Trinajstić information content (AvgIpc) is 3.18. The van der Waals surface area contributed by atoms with Crippen molar-refractivity contribution in [2.24, 2.45) is 0 Å². The Morgan fingerprint density at radius 3 is 2.57 bits per heavy atom. The van der Waals surface area contributed by atoms with Crippen LogP contribution in [0.15, 0.2) is 9.59 Å². The van der Waals surface area contributed by atoms with Gasteiger partial charge < -0.3 is 0 Å². The van der Waals surface area contributed by atoms with E-state index in [0.717, 1.165) is 20.5 Å². The quantitative estimate of drug-likeness (QED) is 0.810. The minimum absolute atomic E-state index is 0.154. The SMILES string of the molecule is Cc1c(C=O)sc2c1c(=O)n(C1CC1)c(=O)n2CC(F)F. The second kappa shape index (κ2) is 4.87. The monoisotopic (exact) mass is 314 g/mol. The van der Waals surface area contributed by atoms with Crippen LogP contribution in [0.25, 0.3) is 10.2 Å². The Labute approximate surface area is 121 Å². The molecule has 0 radical (unpaired) electrons. The molecule has 0 bridgehead atoms. The molecule has 1 fully saturated rings. The molecule has 0 unspecified atom stereocenters. The molecule has 0 aliphatic heterocycles. The number of halogens is 2. The van der Waals surface area contributed by atoms with Gasteiger partial charge in [-0.3, -0.25) is 18.7 Å². The van der Waals surface area contributed by atoms with Crippen molar-refractivity contribution in [1.82, 2.24) is 9.13 Å². The lowest BCUT2D eigenvalue weighted by Crippen LogP contribution is -2.40. The van der Waals surface area contributed by atoms with Gasteiger partial charge in [0.05, 0.1) is 16.8 Å². The van der Waals surface area contributed by atoms with Crippen molar-refractivity contribution in [3.05, 3.63) is 31.3 Å². The zero-order valence-electron chi connectivity index (χ0n) is 11.1. The fourth-order valence-corrected chi connectivity index (χ4v) is 3.56. The molecule has 112 valence electrons. The molecule has 2 aromatic rings. The standard InChI is InChI=1S/C13H12F2N2O3S/c1-6-8(5-18)21-12-10(6)11(19)17(7-2-3-7)13(20)16(12)4-9(14)15/h5,7,9H,2-4H2,1H3. The van der Waals surface area contributed by atoms with E-state index in [-0.39, 0.29) is 21.1 Å². The molecule has 1 aliphatic carbocycles. The van der Waals surface area contributed by atoms with E-state index < -0.39 is 24.2 Å². The summed E-state index contributed by atoms with van der Waals surface area (Å²) in [6.45, 7) is 0.818. The second-order valence-corrected chi connectivity index (χ2v) is 6.11. The topological polar surface area (TPSA) is 61.1 Å². The number of aromatic nitrogens is 2. The van der Waals surface area contributed by atoms with Gasteiger partial charge in [0.2, 0.25) is 0 Å². The van der Waals surface area contributed by atoms with E-state index >= 15 is 0 Å². The second-order valence-electron chi connectivity index (χ2n) is 5.08. The maximum Gasteiger partial charge on any atom is 0.332 e. The molecule has 21 heavy (non-hydrogen) atoms. The highest BCUT2D eigenvalue weighted by atomic mass is 32.1. The number of aldehydes is 1. The summed E-state index contributed by atoms with van der Waals surface area (Å²) in [5.74, 6) is 0. The number of nitrogens with zero attached hydrogens (tertiary/aromatic N) is 2. The number of alkyl halides is 2. The summed E-state index contributed by atoms with van der Waals surface area (Å²) in [5.41, 5.74) is -0.744. The Morgan fingerprint density at radius 1 is 1.38 bits per heavy atom. The van der Waals surface area contributed by atoms with Crippen LogP contribution in [-0.4, -0.2) is 21.8 Å². The van der Waals surface area contributed by atoms with Gasteiger partial charge in [-0.25, -0.2) is 13.6 Å². The molecule has 0 atom stereocenters. The maximum absolute atomic E-state index is 12.8. The van der Waals surface area contributed by atoms with Gasteiger partial charge in [0.1, 0.15) is 4.83 Å². The highest BCUT2D eigenvalue weighted by Crippen LogP contribution is 2.34. The van der Waals surface area contributed by atoms with Crippen LogP contribution in [0.5, 0.6) is 0 Å². The molecular formula is C13H12F2N2O3S. The van der Waals surface area contributed by atoms with Gasteiger partial charge in [-0.2, -0.15) is 0 Å². The predicted octanol–water partition coefficient (Wildman–Crippen LogP) is 1.95. The van der Waals surface area contributed by atoms with Crippen LogP contribution < -0.4 is 11.2 Å². The zero-order valence-corrected chi connectivity index (χ0v) is 12.0. The summed E-state index contributed by atoms with van der Waals surface area (Å²) in [4.78, 5) is 36.3. The summed E-state index contributed by atoms with van der Waals surface area (Å²) in [6, 6.07) is -0.211. The molecule has 5 nitrogen and oxygen atoms in total. The van der Waals surface area contributed by atoms with Gasteiger partial charge in [0.25, 0.3) is 12.0 Å². The number of aryl methyl sites for hydroxylation is 1. The van der Waals surface area contributed by atoms with Crippen molar-refractivity contribution in [2.45, 2.75) is 38.8 Å². The first-order valence-corrected chi connectivity index (χ1v) is 7.29. The van der Waals surface area contributed by atoms with Crippen molar-refractivity contribution in [2.75, 3.05) is 0 Å². The molecular weight excluding hydrogens is 302 g/mol. The van der Waals surface area contributed by atoms with Gasteiger partial charge in [-0.1, -0.05) is 0 Å². The van der Waals surface area contributed by atoms with E-state index in [1.807, 2.05) is 0 Å². The van der Waals surface area contributed by atoms with Gasteiger partial charge in [-0.05, 0) is 25.3 Å². The van der Waals surface area contributed by atoms with E-state index in [1.54, 1.807) is 6.92 Å². The van der Waals surface area contributed by atoms with Crippen LogP contribution in [0.3, 0.4) is 0 Å². The smallest absolute Gasteiger partial charge is 0.297 e. The zero-order chi connectivity index (χ0) is 15.3. The largest absolute Gasteiger partial charge is 0.332 e. The Hall–Kier alpha value is -1.83. The normalized spacial score (nSPS) is 15.0. The number of carbonyl (C=O) groups excluding carboxylic acids is 1. The predicted molar refractivity (Wildman–Crippen MR) is 74.7 cm³/mol. The Bertz CT molecular complexity index is 846. The van der Waals surface area contributed by atoms with Crippen LogP contribution in [0.1, 0.15) is 34.1 Å². The highest BCUT2D eigenvalue weighted by Gasteiger charge is 2.30. The van der Waals surface area contributed by atoms with Gasteiger partial charge in [0.15, 0.2) is 6.29 Å². The fourth-order valence-electron chi connectivity index (χ4n) is 2.45. The number of carbonyl (C=O) groups is 1. The molecule has 3 rings (SSSR count). The lowest BCUT2D eigenvalue weighted by molar-refractivity contribution is 0.112. The number of hydrogen-bond donors (Lipinski definition) is 0. The first-order chi connectivity index (χ1) is 9.95. The van der Waals surface area contributed by atoms with Crippen LogP contribution in [0.2, 0.25) is 0 Å². The molecule has 0 saturated heterocycles. The first-order valence-electron chi connectivity index (χ1n) is 6.47. The van der Waals surface area contributed by atoms with Crippen LogP contribution in [-0.2, 0) is 6.54 Å². The number of thiophene rings is 1. The molecule has 8 heteroatoms. The van der Waals surface area contributed by atoms with E-state index in [4.69, 9.17) is 0 Å². The molecule has 2 aromatic heterocycles. The number of rotatable bonds is 4. The Morgan fingerprint density at radius 2 is 2.05 bits per heavy atom. The third-order valence-electron chi connectivity index (χ3n) is 3.62. The number of fused-ring (bicyclic) bond motifs is 1. The summed E-state index contributed by atoms with van der Waals surface area (Å²) in [6.07, 6.45) is -0.742. The van der Waals surface area contributed by atoms with E-state index in [2.05, 4.69) is 0 Å². The average molecular weight is 314 g/mol. The van der Waals surface area contributed by atoms with Crippen molar-refractivity contribution < 1.29 is 13.6 Å². The van der Waals surface area contributed by atoms with Gasteiger partial charge in [-0.15, -0.1) is 11.3 Å². The molecule has 2 heterocycles. The maximum atomic E-state index is 12.8. The van der Waals surface area contributed by atoms with Crippen LogP contribution >= 0.6 is 11.3 Å². The van der Waals surface area contributed by atoms with Crippen molar-refractivity contribution in [3.63, 3.8) is 0 Å². The third kappa shape index (κ3) is 2.14. The van der Waals surface area contributed by atoms with Crippen molar-refractivity contribution in [3.8, 4) is 0 Å². The lowest BCUT2D eigenvalue weighted by atomic mass is 10.2. The molecule has 0 aromatic carbocycles. The van der Waals surface area contributed by atoms with E-state index in [1.165, 1.54) is 0 Å². The summed E-state index contributed by atoms with van der Waals surface area (Å²) in [5, 5.41) is 0.203. The molecule has 0 N–H and O–H groups in total. The third-order valence-corrected chi connectivity index (χ3v) is 4.86. The molecule has 1 saturated carbocycles. The van der Waals surface area contributed by atoms with E-state index in [9.17, 15) is 23.2 Å². The minimum atomic E-state index is -2.71. The summed E-state index contributed by atoms with van der Waals surface area (Å²) < 4.78 is 27.5. The van der Waals surface area contributed by atoms with Crippen LogP contribution in [0, 0.1) is 6.92 Å². The number of hydrogen-bond acceptors (Lipinski definition) is 4. The molecule has 0 spiro atoms. The summed E-state index contributed by atoms with van der Waals surface area (Å²) >= 11 is 0.910. The first kappa shape index (κ1) is 14.1. The minimum Gasteiger partial charge on any atom is -0.297 e. The van der Waals surface area contributed by atoms with Crippen LogP contribution in [0.4, 0.5) is 8.78 Å². The highest BCUT2D eigenvalue weighted by molar-refractivity contribution is 7.20. The van der Waals surface area contributed by atoms with Gasteiger partial charge >= 0.3 is 5.69 Å². The van der Waals surface area contributed by atoms with Gasteiger partial charge in [0, 0.05) is 6.04 Å². The molecule has 1 aliphatic rings. The summed E-state index contributed by atoms with van der Waals surface area (Å²) in [7, 11) is 0. The fraction of sp³-hybridized carbons (Fsp3) is 0.462. The molecule has 0 amide bonds. The Kier molecular flexibility index (Phi) is 3.27. The van der Waals surface area contributed by atoms with Crippen molar-refractivity contribution >= 4 is 27.8 Å². The lowest BCUT2D eigenvalue weighted by Gasteiger charge is -2.11. The Balaban J connectivity index is 2.44.